The summed E-state index contributed by atoms with van der Waals surface area (Å²) >= 11 is 0. The third-order valence-electron chi connectivity index (χ3n) is 3.52. The number of tetrazole rings is 1. The van der Waals surface area contributed by atoms with Gasteiger partial charge in [-0.25, -0.2) is 9.48 Å². The molecule has 1 heterocycles. The average molecular weight is 352 g/mol. The number of ketones is 1. The summed E-state index contributed by atoms with van der Waals surface area (Å²) in [6.07, 6.45) is 1.88. The van der Waals surface area contributed by atoms with Gasteiger partial charge in [-0.3, -0.25) is 4.79 Å². The first kappa shape index (κ1) is 17.3. The molecule has 0 N–H and O–H groups in total. The zero-order valence-electron chi connectivity index (χ0n) is 14.0. The molecule has 8 heteroatoms. The molecule has 0 aliphatic carbocycles. The summed E-state index contributed by atoms with van der Waals surface area (Å²) in [4.78, 5) is 23.5. The zero-order chi connectivity index (χ0) is 18.4. The van der Waals surface area contributed by atoms with Crippen LogP contribution in [-0.4, -0.2) is 38.6 Å². The maximum atomic E-state index is 12.0. The predicted molar refractivity (Wildman–Crippen MR) is 91.3 cm³/mol. The Labute approximate surface area is 149 Å². The van der Waals surface area contributed by atoms with Crippen LogP contribution in [0, 0.1) is 0 Å². The number of Topliss-reactive ketones (excluding diaryl/α,β-unsaturated/α-hetero) is 1. The Bertz CT molecular complexity index is 892. The van der Waals surface area contributed by atoms with Crippen molar-refractivity contribution in [2.75, 3.05) is 6.61 Å². The minimum absolute atomic E-state index is 0.0541. The molecule has 0 saturated heterocycles. The first-order valence-corrected chi connectivity index (χ1v) is 7.96. The normalized spacial score (nSPS) is 10.3. The predicted octanol–water partition coefficient (Wildman–Crippen LogP) is 2.24. The molecular formula is C18H16N4O4. The van der Waals surface area contributed by atoms with Crippen LogP contribution in [0.2, 0.25) is 0 Å². The second kappa shape index (κ2) is 8.02. The van der Waals surface area contributed by atoms with Gasteiger partial charge < -0.3 is 9.47 Å². The molecule has 0 atom stereocenters. The van der Waals surface area contributed by atoms with Crippen molar-refractivity contribution in [3.63, 3.8) is 0 Å². The number of esters is 1. The Hall–Kier alpha value is -3.55. The fourth-order valence-electron chi connectivity index (χ4n) is 2.21. The Morgan fingerprint density at radius 1 is 1.08 bits per heavy atom. The Morgan fingerprint density at radius 2 is 1.88 bits per heavy atom. The molecular weight excluding hydrogens is 336 g/mol. The van der Waals surface area contributed by atoms with Crippen molar-refractivity contribution in [2.45, 2.75) is 13.3 Å². The highest BCUT2D eigenvalue weighted by Crippen LogP contribution is 2.17. The molecule has 132 valence electrons. The third kappa shape index (κ3) is 4.29. The highest BCUT2D eigenvalue weighted by atomic mass is 16.6. The molecule has 0 radical (unpaired) electrons. The van der Waals surface area contributed by atoms with Crippen molar-refractivity contribution in [2.24, 2.45) is 0 Å². The summed E-state index contributed by atoms with van der Waals surface area (Å²) in [5.74, 6) is 0.346. The van der Waals surface area contributed by atoms with E-state index in [9.17, 15) is 9.59 Å². The lowest BCUT2D eigenvalue weighted by atomic mass is 10.1. The lowest BCUT2D eigenvalue weighted by molar-refractivity contribution is -0.136. The fourth-order valence-corrected chi connectivity index (χ4v) is 2.21. The second-order valence-electron chi connectivity index (χ2n) is 5.32. The van der Waals surface area contributed by atoms with Crippen LogP contribution in [-0.2, 0) is 4.79 Å². The summed E-state index contributed by atoms with van der Waals surface area (Å²) in [5, 5.41) is 10.9. The molecule has 1 aromatic heterocycles. The molecule has 26 heavy (non-hydrogen) atoms. The zero-order valence-corrected chi connectivity index (χ0v) is 14.0. The van der Waals surface area contributed by atoms with E-state index in [0.717, 1.165) is 0 Å². The average Bonchev–Trinajstić information content (AvgIpc) is 3.21. The standard InChI is InChI=1S/C18H16N4O4/c1-2-17(23)13-6-8-15(9-7-13)25-11-18(24)26-16-5-3-4-14(10-16)22-12-19-20-21-22/h3-10,12H,2,11H2,1H3. The minimum atomic E-state index is -0.549. The molecule has 0 bridgehead atoms. The number of rotatable bonds is 7. The molecule has 0 unspecified atom stereocenters. The lowest BCUT2D eigenvalue weighted by Gasteiger charge is -2.08. The highest BCUT2D eigenvalue weighted by Gasteiger charge is 2.09. The number of hydrogen-bond acceptors (Lipinski definition) is 7. The van der Waals surface area contributed by atoms with Gasteiger partial charge in [-0.1, -0.05) is 13.0 Å². The van der Waals surface area contributed by atoms with E-state index in [1.807, 2.05) is 0 Å². The maximum Gasteiger partial charge on any atom is 0.349 e. The first-order chi connectivity index (χ1) is 12.7. The number of hydrogen-bond donors (Lipinski definition) is 0. The van der Waals surface area contributed by atoms with Gasteiger partial charge in [0.15, 0.2) is 12.4 Å². The third-order valence-corrected chi connectivity index (χ3v) is 3.52. The van der Waals surface area contributed by atoms with Gasteiger partial charge >= 0.3 is 5.97 Å². The molecule has 0 spiro atoms. The van der Waals surface area contributed by atoms with E-state index in [4.69, 9.17) is 9.47 Å². The SMILES string of the molecule is CCC(=O)c1ccc(OCC(=O)Oc2cccc(-n3cnnn3)c2)cc1. The van der Waals surface area contributed by atoms with E-state index in [1.165, 1.54) is 11.0 Å². The van der Waals surface area contributed by atoms with Gasteiger partial charge in [-0.2, -0.15) is 0 Å². The van der Waals surface area contributed by atoms with Crippen LogP contribution in [0.15, 0.2) is 54.9 Å². The smallest absolute Gasteiger partial charge is 0.349 e. The van der Waals surface area contributed by atoms with E-state index in [0.29, 0.717) is 29.2 Å². The van der Waals surface area contributed by atoms with Crippen LogP contribution < -0.4 is 9.47 Å². The van der Waals surface area contributed by atoms with Crippen molar-refractivity contribution in [1.29, 1.82) is 0 Å². The van der Waals surface area contributed by atoms with Gasteiger partial charge in [0.05, 0.1) is 5.69 Å². The van der Waals surface area contributed by atoms with Gasteiger partial charge in [0.25, 0.3) is 0 Å². The Morgan fingerprint density at radius 3 is 2.58 bits per heavy atom. The van der Waals surface area contributed by atoms with Crippen LogP contribution in [0.25, 0.3) is 5.69 Å². The Kier molecular flexibility index (Phi) is 5.33. The number of nitrogens with zero attached hydrogens (tertiary/aromatic N) is 4. The monoisotopic (exact) mass is 352 g/mol. The molecule has 0 aliphatic rings. The summed E-state index contributed by atoms with van der Waals surface area (Å²) in [5.41, 5.74) is 1.28. The summed E-state index contributed by atoms with van der Waals surface area (Å²) in [7, 11) is 0. The van der Waals surface area contributed by atoms with E-state index >= 15 is 0 Å². The van der Waals surface area contributed by atoms with Gasteiger partial charge in [0.2, 0.25) is 0 Å². The van der Waals surface area contributed by atoms with E-state index < -0.39 is 5.97 Å². The van der Waals surface area contributed by atoms with E-state index in [2.05, 4.69) is 15.5 Å². The first-order valence-electron chi connectivity index (χ1n) is 7.96. The van der Waals surface area contributed by atoms with Crippen molar-refractivity contribution in [3.05, 3.63) is 60.4 Å². The van der Waals surface area contributed by atoms with Gasteiger partial charge in [0, 0.05) is 18.1 Å². The summed E-state index contributed by atoms with van der Waals surface area (Å²) in [6, 6.07) is 13.4. The minimum Gasteiger partial charge on any atom is -0.482 e. The molecule has 0 saturated carbocycles. The molecule has 0 fully saturated rings. The number of carbonyl (C=O) groups excluding carboxylic acids is 2. The number of aromatic nitrogens is 4. The number of benzene rings is 2. The molecule has 3 rings (SSSR count). The quantitative estimate of drug-likeness (QED) is 0.365. The molecule has 2 aromatic carbocycles. The fraction of sp³-hybridized carbons (Fsp3) is 0.167. The van der Waals surface area contributed by atoms with Gasteiger partial charge in [-0.05, 0) is 46.8 Å². The van der Waals surface area contributed by atoms with Crippen LogP contribution >= 0.6 is 0 Å². The van der Waals surface area contributed by atoms with Crippen molar-refractivity contribution in [1.82, 2.24) is 20.2 Å². The Balaban J connectivity index is 1.56. The molecule has 3 aromatic rings. The van der Waals surface area contributed by atoms with Crippen molar-refractivity contribution in [3.8, 4) is 17.2 Å². The second-order valence-corrected chi connectivity index (χ2v) is 5.32. The summed E-state index contributed by atoms with van der Waals surface area (Å²) in [6.45, 7) is 1.55. The number of ether oxygens (including phenoxy) is 2. The molecule has 8 nitrogen and oxygen atoms in total. The van der Waals surface area contributed by atoms with Crippen LogP contribution in [0.4, 0.5) is 0 Å². The van der Waals surface area contributed by atoms with Crippen molar-refractivity contribution < 1.29 is 19.1 Å². The lowest BCUT2D eigenvalue weighted by Crippen LogP contribution is -2.17. The number of carbonyl (C=O) groups is 2. The van der Waals surface area contributed by atoms with Crippen LogP contribution in [0.3, 0.4) is 0 Å². The molecule has 0 amide bonds. The topological polar surface area (TPSA) is 96.2 Å². The van der Waals surface area contributed by atoms with Crippen molar-refractivity contribution >= 4 is 11.8 Å². The largest absolute Gasteiger partial charge is 0.482 e. The molecule has 0 aliphatic heterocycles. The summed E-state index contributed by atoms with van der Waals surface area (Å²) < 4.78 is 12.1. The van der Waals surface area contributed by atoms with Gasteiger partial charge in [0.1, 0.15) is 17.8 Å². The van der Waals surface area contributed by atoms with E-state index in [1.54, 1.807) is 55.5 Å². The van der Waals surface area contributed by atoms with Gasteiger partial charge in [-0.15, -0.1) is 5.10 Å². The van der Waals surface area contributed by atoms with E-state index in [-0.39, 0.29) is 12.4 Å². The highest BCUT2D eigenvalue weighted by molar-refractivity contribution is 5.95. The maximum absolute atomic E-state index is 12.0. The van der Waals surface area contributed by atoms with Crippen LogP contribution in [0.1, 0.15) is 23.7 Å². The van der Waals surface area contributed by atoms with Crippen LogP contribution in [0.5, 0.6) is 11.5 Å².